The Morgan fingerprint density at radius 3 is 3.06 bits per heavy atom. The molecule has 0 aliphatic carbocycles. The van der Waals surface area contributed by atoms with E-state index in [0.29, 0.717) is 17.4 Å². The van der Waals surface area contributed by atoms with Gasteiger partial charge in [0.1, 0.15) is 6.33 Å². The molecule has 3 rings (SSSR count). The summed E-state index contributed by atoms with van der Waals surface area (Å²) in [6, 6.07) is 0. The number of nitrogens with zero attached hydrogens (tertiary/aromatic N) is 5. The van der Waals surface area contributed by atoms with Gasteiger partial charge in [-0.05, 0) is 0 Å². The summed E-state index contributed by atoms with van der Waals surface area (Å²) in [7, 11) is 0. The molecule has 16 heavy (non-hydrogen) atoms. The number of fused-ring (bicyclic) bond motifs is 1. The van der Waals surface area contributed by atoms with Crippen molar-refractivity contribution in [1.29, 1.82) is 0 Å². The predicted molar refractivity (Wildman–Crippen MR) is 56.6 cm³/mol. The molecule has 0 saturated heterocycles. The lowest BCUT2D eigenvalue weighted by Crippen LogP contribution is -2.12. The van der Waals surface area contributed by atoms with E-state index >= 15 is 0 Å². The summed E-state index contributed by atoms with van der Waals surface area (Å²) in [4.78, 5) is 12.3. The zero-order valence-electron chi connectivity index (χ0n) is 8.12. The second-order valence-electron chi connectivity index (χ2n) is 3.12. The molecule has 0 unspecified atom stereocenters. The topological polar surface area (TPSA) is 110 Å². The van der Waals surface area contributed by atoms with Gasteiger partial charge in [0.2, 0.25) is 5.95 Å². The van der Waals surface area contributed by atoms with E-state index in [1.165, 1.54) is 0 Å². The quantitative estimate of drug-likeness (QED) is 0.405. The lowest BCUT2D eigenvalue weighted by Gasteiger charge is -2.04. The number of nitrogens with one attached hydrogen (secondary N) is 2. The van der Waals surface area contributed by atoms with Crippen LogP contribution >= 0.6 is 0 Å². The first-order chi connectivity index (χ1) is 7.88. The molecule has 8 heteroatoms. The van der Waals surface area contributed by atoms with Crippen molar-refractivity contribution in [3.63, 3.8) is 0 Å². The molecule has 0 bridgehead atoms. The van der Waals surface area contributed by atoms with Gasteiger partial charge >= 0.3 is 0 Å². The highest BCUT2D eigenvalue weighted by molar-refractivity contribution is 5.82. The third-order valence-electron chi connectivity index (χ3n) is 2.17. The van der Waals surface area contributed by atoms with Crippen LogP contribution in [-0.2, 0) is 0 Å². The average Bonchev–Trinajstić information content (AvgIpc) is 2.98. The number of hydrogen-bond donors (Lipinski definition) is 3. The Morgan fingerprint density at radius 2 is 2.31 bits per heavy atom. The van der Waals surface area contributed by atoms with E-state index in [9.17, 15) is 0 Å². The summed E-state index contributed by atoms with van der Waals surface area (Å²) in [5.41, 5.74) is 3.02. The Kier molecular flexibility index (Phi) is 1.80. The normalized spacial score (nSPS) is 10.8. The van der Waals surface area contributed by atoms with Crippen LogP contribution in [0.15, 0.2) is 24.9 Å². The highest BCUT2D eigenvalue weighted by Gasteiger charge is 2.09. The number of aromatic amines is 1. The van der Waals surface area contributed by atoms with Crippen molar-refractivity contribution in [3.8, 4) is 5.82 Å². The summed E-state index contributed by atoms with van der Waals surface area (Å²) in [6.45, 7) is 0. The van der Waals surface area contributed by atoms with Crippen LogP contribution in [0.25, 0.3) is 16.9 Å². The van der Waals surface area contributed by atoms with Gasteiger partial charge in [0, 0.05) is 12.4 Å². The van der Waals surface area contributed by atoms with Crippen LogP contribution in [0.1, 0.15) is 0 Å². The lowest BCUT2D eigenvalue weighted by molar-refractivity contribution is 0.986. The summed E-state index contributed by atoms with van der Waals surface area (Å²) in [5.74, 6) is 6.29. The van der Waals surface area contributed by atoms with Crippen molar-refractivity contribution in [2.24, 2.45) is 5.84 Å². The molecule has 0 atom stereocenters. The largest absolute Gasteiger partial charge is 0.292 e. The summed E-state index contributed by atoms with van der Waals surface area (Å²) >= 11 is 0. The van der Waals surface area contributed by atoms with Gasteiger partial charge in [-0.1, -0.05) is 0 Å². The van der Waals surface area contributed by atoms with Gasteiger partial charge in [0.15, 0.2) is 11.5 Å². The van der Waals surface area contributed by atoms with Crippen molar-refractivity contribution in [2.45, 2.75) is 0 Å². The number of imidazole rings is 1. The Balaban J connectivity index is 2.33. The van der Waals surface area contributed by atoms with Gasteiger partial charge in [-0.2, -0.15) is 15.1 Å². The fourth-order valence-corrected chi connectivity index (χ4v) is 1.47. The second kappa shape index (κ2) is 3.28. The average molecular weight is 216 g/mol. The fourth-order valence-electron chi connectivity index (χ4n) is 1.47. The number of anilines is 1. The first kappa shape index (κ1) is 8.80. The van der Waals surface area contributed by atoms with E-state index in [4.69, 9.17) is 5.84 Å². The molecule has 4 N–H and O–H groups in total. The first-order valence-corrected chi connectivity index (χ1v) is 4.54. The highest BCUT2D eigenvalue weighted by atomic mass is 15.3. The van der Waals surface area contributed by atoms with Crippen molar-refractivity contribution in [2.75, 3.05) is 5.43 Å². The smallest absolute Gasteiger partial charge is 0.241 e. The van der Waals surface area contributed by atoms with Crippen molar-refractivity contribution >= 4 is 17.0 Å². The van der Waals surface area contributed by atoms with E-state index in [-0.39, 0.29) is 0 Å². The number of nitrogen functional groups attached to an aromatic ring is 1. The highest BCUT2D eigenvalue weighted by Crippen LogP contribution is 2.18. The maximum absolute atomic E-state index is 5.30. The fraction of sp³-hybridized carbons (Fsp3) is 0. The monoisotopic (exact) mass is 216 g/mol. The standard InChI is InChI=1S/C8H8N8/c9-14-8-12-6-5(3-11-15-6)7(13-8)16-2-1-10-4-16/h1-4H,9H2,(H2,11,12,13,14,15). The minimum Gasteiger partial charge on any atom is -0.292 e. The number of hydrogen-bond acceptors (Lipinski definition) is 6. The summed E-state index contributed by atoms with van der Waals surface area (Å²) in [6.07, 6.45) is 6.76. The van der Waals surface area contributed by atoms with E-state index in [2.05, 4.69) is 30.6 Å². The van der Waals surface area contributed by atoms with Crippen LogP contribution in [0.2, 0.25) is 0 Å². The van der Waals surface area contributed by atoms with E-state index in [1.54, 1.807) is 29.5 Å². The predicted octanol–water partition coefficient (Wildman–Crippen LogP) is -0.176. The zero-order valence-corrected chi connectivity index (χ0v) is 8.12. The van der Waals surface area contributed by atoms with Gasteiger partial charge in [-0.15, -0.1) is 0 Å². The third kappa shape index (κ3) is 1.21. The lowest BCUT2D eigenvalue weighted by atomic mass is 10.4. The van der Waals surface area contributed by atoms with Crippen LogP contribution in [-0.4, -0.2) is 29.7 Å². The first-order valence-electron chi connectivity index (χ1n) is 4.54. The van der Waals surface area contributed by atoms with Crippen LogP contribution in [0, 0.1) is 0 Å². The second-order valence-corrected chi connectivity index (χ2v) is 3.12. The molecule has 3 aromatic heterocycles. The van der Waals surface area contributed by atoms with Gasteiger partial charge in [-0.3, -0.25) is 15.1 Å². The molecule has 0 amide bonds. The SMILES string of the molecule is NNc1nc(-n2ccnc2)c2cn[nH]c2n1. The van der Waals surface area contributed by atoms with Crippen molar-refractivity contribution < 1.29 is 0 Å². The number of rotatable bonds is 2. The van der Waals surface area contributed by atoms with Crippen LogP contribution < -0.4 is 11.3 Å². The molecule has 3 heterocycles. The molecule has 0 aliphatic heterocycles. The molecule has 0 radical (unpaired) electrons. The Hall–Kier alpha value is -2.48. The maximum atomic E-state index is 5.30. The van der Waals surface area contributed by atoms with Crippen LogP contribution in [0.3, 0.4) is 0 Å². The van der Waals surface area contributed by atoms with Gasteiger partial charge in [0.25, 0.3) is 0 Å². The number of aromatic nitrogens is 6. The zero-order chi connectivity index (χ0) is 11.0. The molecule has 8 nitrogen and oxygen atoms in total. The van der Waals surface area contributed by atoms with E-state index in [0.717, 1.165) is 5.39 Å². The van der Waals surface area contributed by atoms with E-state index in [1.807, 2.05) is 0 Å². The van der Waals surface area contributed by atoms with Crippen molar-refractivity contribution in [1.82, 2.24) is 29.7 Å². The summed E-state index contributed by atoms with van der Waals surface area (Å²) < 4.78 is 1.76. The van der Waals surface area contributed by atoms with Gasteiger partial charge in [-0.25, -0.2) is 10.8 Å². The molecule has 0 aromatic carbocycles. The molecular formula is C8H8N8. The van der Waals surface area contributed by atoms with Crippen LogP contribution in [0.4, 0.5) is 5.95 Å². The molecule has 0 aliphatic rings. The van der Waals surface area contributed by atoms with Gasteiger partial charge < -0.3 is 0 Å². The molecule has 80 valence electrons. The number of hydrazine groups is 1. The minimum absolute atomic E-state index is 0.320. The maximum Gasteiger partial charge on any atom is 0.241 e. The third-order valence-corrected chi connectivity index (χ3v) is 2.17. The van der Waals surface area contributed by atoms with Crippen LogP contribution in [0.5, 0.6) is 0 Å². The molecule has 0 saturated carbocycles. The summed E-state index contributed by atoms with van der Waals surface area (Å²) in [5, 5.41) is 7.49. The Labute approximate surface area is 89.5 Å². The molecule has 3 aromatic rings. The molecular weight excluding hydrogens is 208 g/mol. The molecule has 0 fully saturated rings. The van der Waals surface area contributed by atoms with E-state index < -0.39 is 0 Å². The minimum atomic E-state index is 0.320. The van der Waals surface area contributed by atoms with Gasteiger partial charge in [0.05, 0.1) is 11.6 Å². The van der Waals surface area contributed by atoms with Crippen molar-refractivity contribution in [3.05, 3.63) is 24.9 Å². The Bertz CT molecular complexity index is 610. The number of nitrogens with two attached hydrogens (primary N) is 1. The Morgan fingerprint density at radius 1 is 1.38 bits per heavy atom. The number of H-pyrrole nitrogens is 1. The molecule has 0 spiro atoms.